The van der Waals surface area contributed by atoms with Crippen molar-refractivity contribution < 1.29 is 24.7 Å². The maximum absolute atomic E-state index is 12.1. The monoisotopic (exact) mass is 555 g/mol. The highest BCUT2D eigenvalue weighted by Crippen LogP contribution is 2.38. The van der Waals surface area contributed by atoms with E-state index in [0.717, 1.165) is 27.7 Å². The summed E-state index contributed by atoms with van der Waals surface area (Å²) >= 11 is 0. The van der Waals surface area contributed by atoms with Gasteiger partial charge in [-0.25, -0.2) is 9.97 Å². The van der Waals surface area contributed by atoms with Crippen LogP contribution >= 0.6 is 0 Å². The van der Waals surface area contributed by atoms with Crippen LogP contribution in [0.25, 0.3) is 44.4 Å². The molecule has 5 heterocycles. The number of allylic oxidation sites excluding steroid dienone is 4. The molecule has 0 amide bonds. The molecule has 3 aromatic rings. The van der Waals surface area contributed by atoms with Crippen molar-refractivity contribution in [1.82, 2.24) is 19.9 Å². The van der Waals surface area contributed by atoms with Crippen molar-refractivity contribution >= 4 is 62.0 Å². The Balaban J connectivity index is 1.90. The number of carbonyl (C=O) groups is 2. The molecule has 0 saturated carbocycles. The third kappa shape index (κ3) is 5.25. The van der Waals surface area contributed by atoms with Crippen LogP contribution in [-0.2, 0) is 9.59 Å². The van der Waals surface area contributed by atoms with Crippen LogP contribution in [0.15, 0.2) is 30.3 Å². The lowest BCUT2D eigenvalue weighted by atomic mass is 9.98. The largest absolute Gasteiger partial charge is 0.481 e. The van der Waals surface area contributed by atoms with Gasteiger partial charge in [0.15, 0.2) is 0 Å². The number of H-pyrrole nitrogens is 2. The van der Waals surface area contributed by atoms with Gasteiger partial charge < -0.3 is 20.2 Å². The number of rotatable bonds is 7. The molecular weight excluding hydrogens is 526 g/mol. The second kappa shape index (κ2) is 10.5. The molecular formula is C30H29N5O6. The molecule has 3 aromatic heterocycles. The van der Waals surface area contributed by atoms with E-state index >= 15 is 0 Å². The summed E-state index contributed by atoms with van der Waals surface area (Å²) in [5.74, 6) is -1.89. The minimum Gasteiger partial charge on any atom is -0.481 e. The van der Waals surface area contributed by atoms with Crippen LogP contribution in [0.3, 0.4) is 0 Å². The molecule has 210 valence electrons. The molecule has 0 radical (unpaired) electrons. The fourth-order valence-electron chi connectivity index (χ4n) is 5.37. The van der Waals surface area contributed by atoms with Gasteiger partial charge in [0, 0.05) is 23.9 Å². The lowest BCUT2D eigenvalue weighted by Crippen LogP contribution is -1.97. The first-order valence-electron chi connectivity index (χ1n) is 13.1. The zero-order valence-electron chi connectivity index (χ0n) is 23.1. The summed E-state index contributed by atoms with van der Waals surface area (Å²) in [6.07, 6.45) is 0.256. The molecule has 0 atom stereocenters. The van der Waals surface area contributed by atoms with Crippen LogP contribution < -0.4 is 0 Å². The van der Waals surface area contributed by atoms with E-state index in [9.17, 15) is 29.9 Å². The Hall–Kier alpha value is -5.06. The normalized spacial score (nSPS) is 13.2. The number of aromatic nitrogens is 4. The van der Waals surface area contributed by atoms with Crippen LogP contribution in [0.5, 0.6) is 0 Å². The lowest BCUT2D eigenvalue weighted by molar-refractivity contribution is -0.383. The summed E-state index contributed by atoms with van der Waals surface area (Å²) in [5.41, 5.74) is 8.99. The zero-order valence-corrected chi connectivity index (χ0v) is 23.1. The first-order valence-corrected chi connectivity index (χ1v) is 13.1. The van der Waals surface area contributed by atoms with Crippen molar-refractivity contribution in [2.75, 3.05) is 0 Å². The first kappa shape index (κ1) is 27.5. The Bertz CT molecular complexity index is 1880. The van der Waals surface area contributed by atoms with Crippen LogP contribution in [0.4, 0.5) is 5.69 Å². The predicted octanol–water partition coefficient (Wildman–Crippen LogP) is 6.43. The van der Waals surface area contributed by atoms with Gasteiger partial charge in [-0.1, -0.05) is 0 Å². The second-order valence-corrected chi connectivity index (χ2v) is 10.3. The highest BCUT2D eigenvalue weighted by molar-refractivity contribution is 5.96. The summed E-state index contributed by atoms with van der Waals surface area (Å²) < 4.78 is 0. The van der Waals surface area contributed by atoms with Gasteiger partial charge in [-0.2, -0.15) is 0 Å². The van der Waals surface area contributed by atoms with Gasteiger partial charge in [0.1, 0.15) is 5.52 Å². The average Bonchev–Trinajstić information content (AvgIpc) is 3.56. The van der Waals surface area contributed by atoms with Crippen molar-refractivity contribution in [1.29, 1.82) is 0 Å². The van der Waals surface area contributed by atoms with E-state index < -0.39 is 16.9 Å². The Labute approximate surface area is 234 Å². The van der Waals surface area contributed by atoms with E-state index in [-0.39, 0.29) is 36.9 Å². The van der Waals surface area contributed by atoms with Crippen molar-refractivity contribution in [2.45, 2.75) is 53.4 Å². The van der Waals surface area contributed by atoms with E-state index in [1.165, 1.54) is 0 Å². The highest BCUT2D eigenvalue weighted by atomic mass is 16.6. The summed E-state index contributed by atoms with van der Waals surface area (Å²) in [4.78, 5) is 50.7. The number of aryl methyl sites for hydroxylation is 2. The molecule has 11 heteroatoms. The van der Waals surface area contributed by atoms with Crippen molar-refractivity contribution in [2.24, 2.45) is 0 Å². The molecule has 0 aromatic carbocycles. The smallest absolute Gasteiger partial charge is 0.303 e. The minimum absolute atomic E-state index is 0.0656. The van der Waals surface area contributed by atoms with Gasteiger partial charge in [-0.15, -0.1) is 0 Å². The average molecular weight is 556 g/mol. The van der Waals surface area contributed by atoms with Crippen LogP contribution in [0.1, 0.15) is 73.4 Å². The van der Waals surface area contributed by atoms with Crippen LogP contribution in [-0.4, -0.2) is 47.0 Å². The Kier molecular flexibility index (Phi) is 7.04. The molecule has 0 aliphatic carbocycles. The topological polar surface area (TPSA) is 175 Å². The molecule has 5 rings (SSSR count). The third-order valence-electron chi connectivity index (χ3n) is 7.63. The molecule has 0 unspecified atom stereocenters. The molecule has 11 nitrogen and oxygen atoms in total. The minimum atomic E-state index is -0.960. The molecule has 2 aliphatic heterocycles. The van der Waals surface area contributed by atoms with E-state index in [1.54, 1.807) is 19.1 Å². The van der Waals surface area contributed by atoms with Gasteiger partial charge >= 0.3 is 11.9 Å². The van der Waals surface area contributed by atoms with Gasteiger partial charge in [-0.3, -0.25) is 19.7 Å². The molecule has 0 spiro atoms. The number of fused-ring (bicyclic) bond motifs is 8. The first-order chi connectivity index (χ1) is 19.4. The van der Waals surface area contributed by atoms with Gasteiger partial charge in [0.2, 0.25) is 0 Å². The van der Waals surface area contributed by atoms with Crippen molar-refractivity contribution in [3.63, 3.8) is 0 Å². The fraction of sp³-hybridized carbons (Fsp3) is 0.267. The standard InChI is InChI=1S/C30H29N5O6/c1-14-9-18-10-22-17(4)30(35(40)41)27(34-22)12-24-16(3)20(6-8-29(38)39)26(33-24)13-25-19(5-7-28(36)37)15(2)23(32-25)11-21(14)31-18/h9-13,31,34H,5-8H2,1-4H3,(H,36,37)(H,38,39). The number of aliphatic carboxylic acids is 2. The Morgan fingerprint density at radius 3 is 1.80 bits per heavy atom. The number of hydrogen-bond donors (Lipinski definition) is 4. The van der Waals surface area contributed by atoms with Crippen molar-refractivity contribution in [3.05, 3.63) is 74.3 Å². The number of hydrogen-bond acceptors (Lipinski definition) is 6. The summed E-state index contributed by atoms with van der Waals surface area (Å²) in [6, 6.07) is 9.03. The number of nitro groups is 1. The summed E-state index contributed by atoms with van der Waals surface area (Å²) in [6.45, 7) is 7.35. The number of carboxylic acid groups (broad SMARTS) is 2. The maximum Gasteiger partial charge on any atom is 0.303 e. The van der Waals surface area contributed by atoms with E-state index in [1.807, 2.05) is 39.0 Å². The summed E-state index contributed by atoms with van der Waals surface area (Å²) in [7, 11) is 0. The molecule has 8 bridgehead atoms. The van der Waals surface area contributed by atoms with Gasteiger partial charge in [0.25, 0.3) is 5.69 Å². The lowest BCUT2D eigenvalue weighted by Gasteiger charge is -2.05. The Morgan fingerprint density at radius 1 is 0.756 bits per heavy atom. The number of nitrogens with zero attached hydrogens (tertiary/aromatic N) is 3. The predicted molar refractivity (Wildman–Crippen MR) is 156 cm³/mol. The SMILES string of the molecule is CC1=C(CCC(=O)O)c2cc3nc(cc4[nH]c(cc5cc(C)c(cc1n2)[nH]5)c(C)c4[N+](=O)[O-])C(C)=C3CCC(=O)O. The maximum atomic E-state index is 12.1. The summed E-state index contributed by atoms with van der Waals surface area (Å²) in [5, 5.41) is 30.8. The molecule has 41 heavy (non-hydrogen) atoms. The second-order valence-electron chi connectivity index (χ2n) is 10.3. The highest BCUT2D eigenvalue weighted by Gasteiger charge is 2.24. The Morgan fingerprint density at radius 2 is 1.29 bits per heavy atom. The zero-order chi connectivity index (χ0) is 29.6. The number of carboxylic acids is 2. The fourth-order valence-corrected chi connectivity index (χ4v) is 5.37. The molecule has 0 fully saturated rings. The van der Waals surface area contributed by atoms with E-state index in [2.05, 4.69) is 9.97 Å². The van der Waals surface area contributed by atoms with Crippen LogP contribution in [0.2, 0.25) is 0 Å². The van der Waals surface area contributed by atoms with Gasteiger partial charge in [0.05, 0.1) is 38.8 Å². The molecule has 2 aliphatic rings. The van der Waals surface area contributed by atoms with E-state index in [4.69, 9.17) is 9.97 Å². The van der Waals surface area contributed by atoms with E-state index in [0.29, 0.717) is 45.0 Å². The number of nitrogens with one attached hydrogen (secondary N) is 2. The van der Waals surface area contributed by atoms with Crippen LogP contribution in [0, 0.1) is 24.0 Å². The van der Waals surface area contributed by atoms with Crippen molar-refractivity contribution in [3.8, 4) is 0 Å². The number of aromatic amines is 2. The third-order valence-corrected chi connectivity index (χ3v) is 7.63. The molecule has 0 saturated heterocycles. The van der Waals surface area contributed by atoms with Gasteiger partial charge in [-0.05, 0) is 98.7 Å². The molecule has 4 N–H and O–H groups in total. The quantitative estimate of drug-likeness (QED) is 0.190.